The van der Waals surface area contributed by atoms with Crippen LogP contribution in [0.2, 0.25) is 0 Å². The summed E-state index contributed by atoms with van der Waals surface area (Å²) in [6.45, 7) is 7.29. The van der Waals surface area contributed by atoms with Gasteiger partial charge in [0.1, 0.15) is 19.3 Å². The first kappa shape index (κ1) is 93.1. The van der Waals surface area contributed by atoms with Crippen LogP contribution in [0, 0.1) is 5.92 Å². The molecule has 0 aliphatic heterocycles. The lowest BCUT2D eigenvalue weighted by atomic mass is 10.0. The Kier molecular flexibility index (Phi) is 67.7. The number of aliphatic hydroxyl groups excluding tert-OH is 1. The third-order valence-electron chi connectivity index (χ3n) is 17.8. The summed E-state index contributed by atoms with van der Waals surface area (Å²) in [6.07, 6.45) is 58.3. The van der Waals surface area contributed by atoms with Gasteiger partial charge in [-0.2, -0.15) is 0 Å². The van der Waals surface area contributed by atoms with Crippen LogP contribution >= 0.6 is 15.6 Å². The van der Waals surface area contributed by atoms with Gasteiger partial charge in [0, 0.05) is 25.7 Å². The van der Waals surface area contributed by atoms with E-state index in [1.165, 1.54) is 225 Å². The van der Waals surface area contributed by atoms with Gasteiger partial charge < -0.3 is 33.8 Å². The standard InChI is InChI=1S/C76H148O17P2/c1-6-9-12-15-18-21-24-25-26-27-28-29-30-31-32-37-42-47-52-57-62-76(81)93-72(66-87-74(79)60-55-50-45-41-36-34-33-35-38-43-48-53-58-69(4)5)68-91-95(84,85)89-64-70(77)63-88-94(82,83)90-67-71(92-75(80)61-56-51-46-40-23-20-17-14-11-8-3)65-86-73(78)59-54-49-44-39-22-19-16-13-10-7-2/h69-72,77H,6-68H2,1-5H3,(H,82,83)(H,84,85)/t70-,71+,72+/m0/s1. The number of carbonyl (C=O) groups is 4. The number of ether oxygens (including phenoxy) is 4. The molecule has 0 saturated heterocycles. The lowest BCUT2D eigenvalue weighted by molar-refractivity contribution is -0.161. The Hall–Kier alpha value is -1.94. The van der Waals surface area contributed by atoms with Crippen molar-refractivity contribution in [1.82, 2.24) is 0 Å². The first-order valence-electron chi connectivity index (χ1n) is 39.6. The third kappa shape index (κ3) is 70.3. The smallest absolute Gasteiger partial charge is 0.462 e. The number of esters is 4. The van der Waals surface area contributed by atoms with Gasteiger partial charge in [0.2, 0.25) is 0 Å². The maximum atomic E-state index is 13.1. The van der Waals surface area contributed by atoms with Gasteiger partial charge in [-0.1, -0.05) is 349 Å². The van der Waals surface area contributed by atoms with Crippen molar-refractivity contribution in [3.63, 3.8) is 0 Å². The molecule has 0 aromatic rings. The summed E-state index contributed by atoms with van der Waals surface area (Å²) in [6, 6.07) is 0. The Labute approximate surface area is 581 Å². The van der Waals surface area contributed by atoms with Crippen molar-refractivity contribution >= 4 is 39.5 Å². The van der Waals surface area contributed by atoms with E-state index in [-0.39, 0.29) is 25.7 Å². The van der Waals surface area contributed by atoms with Crippen molar-refractivity contribution in [2.24, 2.45) is 5.92 Å². The second kappa shape index (κ2) is 69.2. The Morgan fingerprint density at radius 3 is 0.716 bits per heavy atom. The lowest BCUT2D eigenvalue weighted by Gasteiger charge is -2.21. The number of phosphoric acid groups is 2. The van der Waals surface area contributed by atoms with Crippen LogP contribution in [-0.4, -0.2) is 96.7 Å². The number of unbranched alkanes of at least 4 members (excludes halogenated alkanes) is 48. The van der Waals surface area contributed by atoms with Gasteiger partial charge >= 0.3 is 39.5 Å². The quantitative estimate of drug-likeness (QED) is 0.0222. The molecule has 0 aliphatic carbocycles. The molecule has 19 heteroatoms. The van der Waals surface area contributed by atoms with Crippen LogP contribution in [0.25, 0.3) is 0 Å². The number of phosphoric ester groups is 2. The number of aliphatic hydroxyl groups is 1. The second-order valence-corrected chi connectivity index (χ2v) is 30.8. The Bertz CT molecular complexity index is 1820. The highest BCUT2D eigenvalue weighted by Gasteiger charge is 2.30. The molecule has 0 heterocycles. The first-order chi connectivity index (χ1) is 46.0. The molecule has 0 fully saturated rings. The monoisotopic (exact) mass is 1400 g/mol. The molecule has 0 rings (SSSR count). The first-order valence-corrected chi connectivity index (χ1v) is 42.6. The van der Waals surface area contributed by atoms with Gasteiger partial charge in [-0.15, -0.1) is 0 Å². The average molecular weight is 1400 g/mol. The summed E-state index contributed by atoms with van der Waals surface area (Å²) >= 11 is 0. The molecule has 564 valence electrons. The SMILES string of the molecule is CCCCCCCCCCCCCCCCCCCCCCC(=O)O[C@H](COC(=O)CCCCCCCCCCCCCCC(C)C)COP(=O)(O)OC[C@@H](O)COP(=O)(O)OC[C@@H](COC(=O)CCCCCCCCCCCC)OC(=O)CCCCCCCCCCCC. The highest BCUT2D eigenvalue weighted by Crippen LogP contribution is 2.45. The zero-order valence-corrected chi connectivity index (χ0v) is 63.6. The van der Waals surface area contributed by atoms with Crippen molar-refractivity contribution in [1.29, 1.82) is 0 Å². The van der Waals surface area contributed by atoms with Gasteiger partial charge in [-0.25, -0.2) is 9.13 Å². The highest BCUT2D eigenvalue weighted by atomic mass is 31.2. The van der Waals surface area contributed by atoms with Gasteiger partial charge in [0.25, 0.3) is 0 Å². The summed E-state index contributed by atoms with van der Waals surface area (Å²) in [4.78, 5) is 72.7. The predicted molar refractivity (Wildman–Crippen MR) is 386 cm³/mol. The van der Waals surface area contributed by atoms with Crippen molar-refractivity contribution < 1.29 is 80.2 Å². The Morgan fingerprint density at radius 1 is 0.284 bits per heavy atom. The molecule has 17 nitrogen and oxygen atoms in total. The van der Waals surface area contributed by atoms with Crippen molar-refractivity contribution in [3.8, 4) is 0 Å². The third-order valence-corrected chi connectivity index (χ3v) is 19.7. The number of hydrogen-bond donors (Lipinski definition) is 3. The van der Waals surface area contributed by atoms with E-state index in [4.69, 9.17) is 37.0 Å². The maximum Gasteiger partial charge on any atom is 0.472 e. The van der Waals surface area contributed by atoms with Crippen molar-refractivity contribution in [3.05, 3.63) is 0 Å². The molecular formula is C76H148O17P2. The van der Waals surface area contributed by atoms with E-state index in [2.05, 4.69) is 34.6 Å². The van der Waals surface area contributed by atoms with E-state index < -0.39 is 97.5 Å². The average Bonchev–Trinajstić information content (AvgIpc) is 2.54. The van der Waals surface area contributed by atoms with Gasteiger partial charge in [0.15, 0.2) is 12.2 Å². The van der Waals surface area contributed by atoms with E-state index in [1.807, 2.05) is 0 Å². The van der Waals surface area contributed by atoms with Crippen molar-refractivity contribution in [2.45, 2.75) is 419 Å². The second-order valence-electron chi connectivity index (χ2n) is 27.9. The van der Waals surface area contributed by atoms with E-state index in [0.29, 0.717) is 25.7 Å². The zero-order chi connectivity index (χ0) is 69.8. The summed E-state index contributed by atoms with van der Waals surface area (Å²) in [5, 5.41) is 10.6. The summed E-state index contributed by atoms with van der Waals surface area (Å²) in [5.41, 5.74) is 0. The summed E-state index contributed by atoms with van der Waals surface area (Å²) < 4.78 is 68.5. The molecule has 0 radical (unpaired) electrons. The van der Waals surface area contributed by atoms with Gasteiger partial charge in [-0.05, 0) is 31.6 Å². The number of rotatable bonds is 76. The van der Waals surface area contributed by atoms with E-state index in [1.54, 1.807) is 0 Å². The van der Waals surface area contributed by atoms with E-state index in [9.17, 15) is 43.2 Å². The molecule has 0 amide bonds. The Balaban J connectivity index is 5.20. The molecule has 95 heavy (non-hydrogen) atoms. The minimum atomic E-state index is -4.96. The molecule has 0 spiro atoms. The number of hydrogen-bond acceptors (Lipinski definition) is 15. The molecule has 0 aromatic carbocycles. The van der Waals surface area contributed by atoms with Crippen LogP contribution in [0.4, 0.5) is 0 Å². The van der Waals surface area contributed by atoms with E-state index >= 15 is 0 Å². The molecule has 0 bridgehead atoms. The van der Waals surface area contributed by atoms with E-state index in [0.717, 1.165) is 95.8 Å². The fraction of sp³-hybridized carbons (Fsp3) is 0.947. The van der Waals surface area contributed by atoms with Crippen LogP contribution in [0.5, 0.6) is 0 Å². The van der Waals surface area contributed by atoms with Crippen LogP contribution < -0.4 is 0 Å². The fourth-order valence-corrected chi connectivity index (χ4v) is 13.3. The molecule has 0 aromatic heterocycles. The summed E-state index contributed by atoms with van der Waals surface area (Å²) in [5.74, 6) is -1.33. The summed E-state index contributed by atoms with van der Waals surface area (Å²) in [7, 11) is -9.91. The largest absolute Gasteiger partial charge is 0.472 e. The Morgan fingerprint density at radius 2 is 0.484 bits per heavy atom. The normalized spacial score (nSPS) is 13.9. The lowest BCUT2D eigenvalue weighted by Crippen LogP contribution is -2.30. The maximum absolute atomic E-state index is 13.1. The van der Waals surface area contributed by atoms with Gasteiger partial charge in [0.05, 0.1) is 26.4 Å². The van der Waals surface area contributed by atoms with Gasteiger partial charge in [-0.3, -0.25) is 37.3 Å². The van der Waals surface area contributed by atoms with Crippen LogP contribution in [0.3, 0.4) is 0 Å². The molecule has 2 unspecified atom stereocenters. The van der Waals surface area contributed by atoms with Crippen LogP contribution in [0.15, 0.2) is 0 Å². The minimum absolute atomic E-state index is 0.107. The predicted octanol–water partition coefficient (Wildman–Crippen LogP) is 22.5. The minimum Gasteiger partial charge on any atom is -0.462 e. The highest BCUT2D eigenvalue weighted by molar-refractivity contribution is 7.47. The zero-order valence-electron chi connectivity index (χ0n) is 61.8. The fourth-order valence-electron chi connectivity index (χ4n) is 11.7. The molecule has 5 atom stereocenters. The topological polar surface area (TPSA) is 237 Å². The molecule has 3 N–H and O–H groups in total. The van der Waals surface area contributed by atoms with Crippen LogP contribution in [-0.2, 0) is 65.4 Å². The van der Waals surface area contributed by atoms with Crippen molar-refractivity contribution in [2.75, 3.05) is 39.6 Å². The molecule has 0 saturated carbocycles. The molecular weight excluding hydrogens is 1250 g/mol. The molecule has 0 aliphatic rings. The van der Waals surface area contributed by atoms with Crippen LogP contribution in [0.1, 0.15) is 401 Å². The number of carbonyl (C=O) groups excluding carboxylic acids is 4.